The van der Waals surface area contributed by atoms with Crippen molar-refractivity contribution in [3.63, 3.8) is 0 Å². The molecule has 1 aromatic heterocycles. The van der Waals surface area contributed by atoms with Gasteiger partial charge in [0.15, 0.2) is 0 Å². The van der Waals surface area contributed by atoms with Crippen LogP contribution in [0.4, 0.5) is 5.69 Å². The van der Waals surface area contributed by atoms with Crippen molar-refractivity contribution in [3.8, 4) is 0 Å². The number of rotatable bonds is 3. The first-order valence-electron chi connectivity index (χ1n) is 4.65. The van der Waals surface area contributed by atoms with Crippen molar-refractivity contribution >= 4 is 39.3 Å². The van der Waals surface area contributed by atoms with Crippen molar-refractivity contribution in [1.29, 1.82) is 5.41 Å². The molecule has 2 rings (SSSR count). The van der Waals surface area contributed by atoms with Gasteiger partial charge in [0, 0.05) is 28.9 Å². The van der Waals surface area contributed by atoms with Gasteiger partial charge in [0.2, 0.25) is 0 Å². The fraction of sp³-hybridized carbons (Fsp3) is 0.0909. The summed E-state index contributed by atoms with van der Waals surface area (Å²) in [7, 11) is 1.76. The molecule has 16 heavy (non-hydrogen) atoms. The number of nitrogens with one attached hydrogen (secondary N) is 2. The van der Waals surface area contributed by atoms with Crippen molar-refractivity contribution in [2.75, 3.05) is 12.4 Å². The van der Waals surface area contributed by atoms with Gasteiger partial charge < -0.3 is 15.8 Å². The number of hydrogen-bond donors (Lipinski definition) is 3. The number of carbonyl (C=O) groups is 1. The molecule has 0 aliphatic heterocycles. The second kappa shape index (κ2) is 3.94. The van der Waals surface area contributed by atoms with E-state index in [0.717, 1.165) is 21.3 Å². The Kier molecular flexibility index (Phi) is 2.62. The summed E-state index contributed by atoms with van der Waals surface area (Å²) in [6.07, 6.45) is 1.25. The molecule has 0 atom stereocenters. The van der Waals surface area contributed by atoms with E-state index in [0.29, 0.717) is 4.88 Å². The van der Waals surface area contributed by atoms with E-state index < -0.39 is 5.97 Å². The van der Waals surface area contributed by atoms with Gasteiger partial charge in [-0.25, -0.2) is 4.79 Å². The number of thiophene rings is 1. The van der Waals surface area contributed by atoms with Crippen molar-refractivity contribution < 1.29 is 9.90 Å². The first-order valence-corrected chi connectivity index (χ1v) is 5.47. The van der Waals surface area contributed by atoms with Crippen molar-refractivity contribution in [2.45, 2.75) is 0 Å². The second-order valence-corrected chi connectivity index (χ2v) is 4.34. The van der Waals surface area contributed by atoms with Crippen molar-refractivity contribution in [3.05, 3.63) is 28.6 Å². The maximum atomic E-state index is 10.9. The molecule has 0 amide bonds. The molecule has 3 N–H and O–H groups in total. The molecular weight excluding hydrogens is 224 g/mol. The normalized spacial score (nSPS) is 10.3. The fourth-order valence-electron chi connectivity index (χ4n) is 1.63. The number of carboxylic acid groups (broad SMARTS) is 1. The Labute approximate surface area is 96.0 Å². The van der Waals surface area contributed by atoms with Gasteiger partial charge in [-0.1, -0.05) is 0 Å². The van der Waals surface area contributed by atoms with E-state index in [4.69, 9.17) is 10.5 Å². The summed E-state index contributed by atoms with van der Waals surface area (Å²) < 4.78 is 0.910. The average Bonchev–Trinajstić information content (AvgIpc) is 2.71. The van der Waals surface area contributed by atoms with Gasteiger partial charge in [-0.2, -0.15) is 0 Å². The molecule has 1 heterocycles. The Morgan fingerprint density at radius 2 is 2.31 bits per heavy atom. The molecule has 0 saturated carbocycles. The van der Waals surface area contributed by atoms with Crippen LogP contribution in [0.3, 0.4) is 0 Å². The van der Waals surface area contributed by atoms with E-state index in [1.807, 2.05) is 12.1 Å². The second-order valence-electron chi connectivity index (χ2n) is 3.25. The molecule has 0 saturated heterocycles. The summed E-state index contributed by atoms with van der Waals surface area (Å²) in [4.78, 5) is 11.2. The standard InChI is InChI=1S/C11H10N2O2S/c1-13-10-6(5-12)2-3-8-7(10)4-9(16-8)11(14)15/h2-5,12-13H,1H3,(H,14,15). The van der Waals surface area contributed by atoms with Gasteiger partial charge in [-0.15, -0.1) is 11.3 Å². The molecule has 0 unspecified atom stereocenters. The van der Waals surface area contributed by atoms with Crippen LogP contribution < -0.4 is 5.32 Å². The van der Waals surface area contributed by atoms with Gasteiger partial charge in [-0.05, 0) is 18.2 Å². The Balaban J connectivity index is 2.76. The minimum absolute atomic E-state index is 0.314. The van der Waals surface area contributed by atoms with Crippen LogP contribution >= 0.6 is 11.3 Å². The van der Waals surface area contributed by atoms with Gasteiger partial charge >= 0.3 is 5.97 Å². The lowest BCUT2D eigenvalue weighted by atomic mass is 10.1. The zero-order valence-electron chi connectivity index (χ0n) is 8.57. The highest BCUT2D eigenvalue weighted by atomic mass is 32.1. The highest BCUT2D eigenvalue weighted by molar-refractivity contribution is 7.20. The quantitative estimate of drug-likeness (QED) is 0.715. The lowest BCUT2D eigenvalue weighted by Crippen LogP contribution is -1.94. The summed E-state index contributed by atoms with van der Waals surface area (Å²) >= 11 is 1.24. The number of hydrogen-bond acceptors (Lipinski definition) is 4. The average molecular weight is 234 g/mol. The van der Waals surface area contributed by atoms with Gasteiger partial charge in [0.05, 0.1) is 5.69 Å². The molecule has 0 bridgehead atoms. The predicted octanol–water partition coefficient (Wildman–Crippen LogP) is 2.64. The Morgan fingerprint density at radius 3 is 2.88 bits per heavy atom. The SMILES string of the molecule is CNc1c(C=N)ccc2sc(C(=O)O)cc12. The minimum atomic E-state index is -0.917. The summed E-state index contributed by atoms with van der Waals surface area (Å²) in [6.45, 7) is 0. The zero-order valence-corrected chi connectivity index (χ0v) is 9.39. The number of anilines is 1. The van der Waals surface area contributed by atoms with E-state index >= 15 is 0 Å². The molecule has 5 heteroatoms. The maximum absolute atomic E-state index is 10.9. The highest BCUT2D eigenvalue weighted by Gasteiger charge is 2.12. The van der Waals surface area contributed by atoms with Crippen molar-refractivity contribution in [1.82, 2.24) is 0 Å². The van der Waals surface area contributed by atoms with Crippen LogP contribution in [0.5, 0.6) is 0 Å². The molecule has 0 spiro atoms. The van der Waals surface area contributed by atoms with Gasteiger partial charge in [0.1, 0.15) is 4.88 Å². The lowest BCUT2D eigenvalue weighted by Gasteiger charge is -2.05. The van der Waals surface area contributed by atoms with Crippen LogP contribution in [0.2, 0.25) is 0 Å². The topological polar surface area (TPSA) is 73.2 Å². The smallest absolute Gasteiger partial charge is 0.345 e. The van der Waals surface area contributed by atoms with E-state index in [-0.39, 0.29) is 0 Å². The Bertz CT molecular complexity index is 575. The number of carboxylic acids is 1. The predicted molar refractivity (Wildman–Crippen MR) is 66.2 cm³/mol. The molecule has 2 aromatic rings. The van der Waals surface area contributed by atoms with Crippen LogP contribution in [0.25, 0.3) is 10.1 Å². The van der Waals surface area contributed by atoms with E-state index in [2.05, 4.69) is 5.32 Å². The first-order chi connectivity index (χ1) is 7.67. The summed E-state index contributed by atoms with van der Waals surface area (Å²) in [5.74, 6) is -0.917. The molecule has 82 valence electrons. The van der Waals surface area contributed by atoms with E-state index in [1.165, 1.54) is 17.6 Å². The summed E-state index contributed by atoms with van der Waals surface area (Å²) in [5, 5.41) is 20.1. The molecule has 0 aliphatic rings. The molecule has 0 radical (unpaired) electrons. The van der Waals surface area contributed by atoms with E-state index in [9.17, 15) is 4.79 Å². The lowest BCUT2D eigenvalue weighted by molar-refractivity contribution is 0.0702. The third-order valence-corrected chi connectivity index (χ3v) is 3.44. The maximum Gasteiger partial charge on any atom is 0.345 e. The van der Waals surface area contributed by atoms with Crippen LogP contribution in [0.15, 0.2) is 18.2 Å². The van der Waals surface area contributed by atoms with Gasteiger partial charge in [-0.3, -0.25) is 0 Å². The monoisotopic (exact) mass is 234 g/mol. The molecule has 1 aromatic carbocycles. The molecule has 0 fully saturated rings. The third kappa shape index (κ3) is 1.55. The summed E-state index contributed by atoms with van der Waals surface area (Å²) in [6, 6.07) is 5.29. The first kappa shape index (κ1) is 10.6. The van der Waals surface area contributed by atoms with Crippen molar-refractivity contribution in [2.24, 2.45) is 0 Å². The fourth-order valence-corrected chi connectivity index (χ4v) is 2.54. The van der Waals surface area contributed by atoms with Crippen LogP contribution in [-0.4, -0.2) is 24.3 Å². The zero-order chi connectivity index (χ0) is 11.7. The minimum Gasteiger partial charge on any atom is -0.477 e. The van der Waals surface area contributed by atoms with Crippen LogP contribution in [-0.2, 0) is 0 Å². The van der Waals surface area contributed by atoms with Gasteiger partial charge in [0.25, 0.3) is 0 Å². The Morgan fingerprint density at radius 1 is 1.56 bits per heavy atom. The molecule has 0 aliphatic carbocycles. The number of fused-ring (bicyclic) bond motifs is 1. The Hall–Kier alpha value is -1.88. The number of aromatic carboxylic acids is 1. The largest absolute Gasteiger partial charge is 0.477 e. The van der Waals surface area contributed by atoms with Crippen LogP contribution in [0, 0.1) is 5.41 Å². The third-order valence-electron chi connectivity index (χ3n) is 2.35. The van der Waals surface area contributed by atoms with E-state index in [1.54, 1.807) is 13.1 Å². The highest BCUT2D eigenvalue weighted by Crippen LogP contribution is 2.33. The summed E-state index contributed by atoms with van der Waals surface area (Å²) in [5.41, 5.74) is 1.56. The molecular formula is C11H10N2O2S. The van der Waals surface area contributed by atoms with Crippen LogP contribution in [0.1, 0.15) is 15.2 Å². The number of benzene rings is 1. The molecule has 4 nitrogen and oxygen atoms in total.